The van der Waals surface area contributed by atoms with Crippen LogP contribution < -0.4 is 11.2 Å². The van der Waals surface area contributed by atoms with Crippen molar-refractivity contribution < 1.29 is 14.7 Å². The summed E-state index contributed by atoms with van der Waals surface area (Å²) in [5, 5.41) is 12.8. The van der Waals surface area contributed by atoms with Gasteiger partial charge in [-0.2, -0.15) is 5.10 Å². The van der Waals surface area contributed by atoms with Crippen molar-refractivity contribution in [1.82, 2.24) is 5.43 Å². The summed E-state index contributed by atoms with van der Waals surface area (Å²) in [6.45, 7) is 5.79. The van der Waals surface area contributed by atoms with Crippen LogP contribution in [-0.4, -0.2) is 22.8 Å². The van der Waals surface area contributed by atoms with Gasteiger partial charge in [0.15, 0.2) is 0 Å². The highest BCUT2D eigenvalue weighted by atomic mass is 16.4. The molecule has 0 radical (unpaired) electrons. The SMILES string of the molecule is CCCCC(CC(C)(C)CC(=O)O)=NNC(N)=O. The maximum absolute atomic E-state index is 10.7. The molecule has 0 aliphatic heterocycles. The molecule has 0 bridgehead atoms. The standard InChI is InChI=1S/C12H23N3O3/c1-4-5-6-9(14-15-11(13)18)7-12(2,3)8-10(16)17/h4-8H2,1-3H3,(H,16,17)(H3,13,15,18). The van der Waals surface area contributed by atoms with E-state index in [1.807, 2.05) is 13.8 Å². The molecule has 6 nitrogen and oxygen atoms in total. The third-order valence-electron chi connectivity index (χ3n) is 2.46. The fraction of sp³-hybridized carbons (Fsp3) is 0.750. The second kappa shape index (κ2) is 7.68. The summed E-state index contributed by atoms with van der Waals surface area (Å²) < 4.78 is 0. The van der Waals surface area contributed by atoms with Gasteiger partial charge < -0.3 is 10.8 Å². The van der Waals surface area contributed by atoms with E-state index in [9.17, 15) is 9.59 Å². The number of urea groups is 1. The number of unbranched alkanes of at least 4 members (excludes halogenated alkanes) is 1. The lowest BCUT2D eigenvalue weighted by molar-refractivity contribution is -0.139. The van der Waals surface area contributed by atoms with Gasteiger partial charge >= 0.3 is 12.0 Å². The highest BCUT2D eigenvalue weighted by Crippen LogP contribution is 2.26. The first-order valence-corrected chi connectivity index (χ1v) is 6.09. The van der Waals surface area contributed by atoms with Crippen LogP contribution in [0.25, 0.3) is 0 Å². The topological polar surface area (TPSA) is 105 Å². The Morgan fingerprint density at radius 3 is 2.39 bits per heavy atom. The van der Waals surface area contributed by atoms with Gasteiger partial charge in [0.25, 0.3) is 0 Å². The zero-order chi connectivity index (χ0) is 14.2. The molecule has 0 heterocycles. The Bertz CT molecular complexity index is 325. The predicted octanol–water partition coefficient (Wildman–Crippen LogP) is 2.09. The molecule has 0 aromatic heterocycles. The van der Waals surface area contributed by atoms with Crippen LogP contribution in [-0.2, 0) is 4.79 Å². The van der Waals surface area contributed by atoms with E-state index in [2.05, 4.69) is 17.5 Å². The molecular formula is C12H23N3O3. The fourth-order valence-electron chi connectivity index (χ4n) is 1.72. The predicted molar refractivity (Wildman–Crippen MR) is 70.3 cm³/mol. The summed E-state index contributed by atoms with van der Waals surface area (Å²) in [6.07, 6.45) is 3.28. The first-order chi connectivity index (χ1) is 8.26. The Hall–Kier alpha value is -1.59. The third-order valence-corrected chi connectivity index (χ3v) is 2.46. The normalized spacial score (nSPS) is 12.3. The van der Waals surface area contributed by atoms with Crippen molar-refractivity contribution in [1.29, 1.82) is 0 Å². The van der Waals surface area contributed by atoms with Crippen molar-refractivity contribution in [3.63, 3.8) is 0 Å². The van der Waals surface area contributed by atoms with Crippen LogP contribution in [0.15, 0.2) is 5.10 Å². The summed E-state index contributed by atoms with van der Waals surface area (Å²) in [5.41, 5.74) is 7.56. The molecule has 0 atom stereocenters. The Morgan fingerprint density at radius 1 is 1.33 bits per heavy atom. The van der Waals surface area contributed by atoms with Gasteiger partial charge in [-0.15, -0.1) is 0 Å². The van der Waals surface area contributed by atoms with Crippen molar-refractivity contribution >= 4 is 17.7 Å². The summed E-state index contributed by atoms with van der Waals surface area (Å²) in [5.74, 6) is -0.835. The number of rotatable bonds is 8. The van der Waals surface area contributed by atoms with Crippen LogP contribution in [0.3, 0.4) is 0 Å². The first-order valence-electron chi connectivity index (χ1n) is 6.09. The van der Waals surface area contributed by atoms with E-state index in [0.29, 0.717) is 6.42 Å². The van der Waals surface area contributed by atoms with E-state index >= 15 is 0 Å². The number of nitrogens with one attached hydrogen (secondary N) is 1. The molecule has 104 valence electrons. The van der Waals surface area contributed by atoms with Crippen molar-refractivity contribution in [2.24, 2.45) is 16.3 Å². The number of aliphatic carboxylic acids is 1. The average Bonchev–Trinajstić information content (AvgIpc) is 2.19. The molecule has 0 saturated carbocycles. The highest BCUT2D eigenvalue weighted by molar-refractivity contribution is 5.86. The largest absolute Gasteiger partial charge is 0.481 e. The molecule has 0 unspecified atom stereocenters. The molecule has 0 aromatic carbocycles. The van der Waals surface area contributed by atoms with E-state index in [1.54, 1.807) is 0 Å². The molecule has 0 aromatic rings. The van der Waals surface area contributed by atoms with Gasteiger partial charge in [-0.05, 0) is 24.7 Å². The number of primary amides is 1. The monoisotopic (exact) mass is 257 g/mol. The van der Waals surface area contributed by atoms with Gasteiger partial charge in [-0.1, -0.05) is 27.2 Å². The smallest absolute Gasteiger partial charge is 0.332 e. The summed E-state index contributed by atoms with van der Waals surface area (Å²) in [7, 11) is 0. The number of hydrogen-bond donors (Lipinski definition) is 3. The van der Waals surface area contributed by atoms with Crippen LogP contribution in [0, 0.1) is 5.41 Å². The minimum absolute atomic E-state index is 0.0642. The van der Waals surface area contributed by atoms with Crippen LogP contribution in [0.5, 0.6) is 0 Å². The van der Waals surface area contributed by atoms with Gasteiger partial charge in [0.2, 0.25) is 0 Å². The van der Waals surface area contributed by atoms with E-state index in [1.165, 1.54) is 0 Å². The number of nitrogens with two attached hydrogens (primary N) is 1. The van der Waals surface area contributed by atoms with Crippen molar-refractivity contribution in [2.75, 3.05) is 0 Å². The van der Waals surface area contributed by atoms with Gasteiger partial charge in [-0.25, -0.2) is 10.2 Å². The lowest BCUT2D eigenvalue weighted by atomic mass is 9.83. The molecule has 0 aliphatic carbocycles. The Balaban J connectivity index is 4.60. The van der Waals surface area contributed by atoms with Crippen LogP contribution in [0.1, 0.15) is 52.9 Å². The molecule has 2 amide bonds. The molecule has 18 heavy (non-hydrogen) atoms. The maximum atomic E-state index is 10.7. The van der Waals surface area contributed by atoms with E-state index in [4.69, 9.17) is 10.8 Å². The summed E-state index contributed by atoms with van der Waals surface area (Å²) in [6, 6.07) is -0.708. The third kappa shape index (κ3) is 8.55. The molecule has 4 N–H and O–H groups in total. The number of amides is 2. The van der Waals surface area contributed by atoms with Gasteiger partial charge in [-0.3, -0.25) is 4.79 Å². The second-order valence-electron chi connectivity index (χ2n) is 5.17. The van der Waals surface area contributed by atoms with Crippen LogP contribution >= 0.6 is 0 Å². The second-order valence-corrected chi connectivity index (χ2v) is 5.17. The van der Waals surface area contributed by atoms with Crippen molar-refractivity contribution in [3.05, 3.63) is 0 Å². The maximum Gasteiger partial charge on any atom is 0.332 e. The van der Waals surface area contributed by atoms with E-state index in [-0.39, 0.29) is 6.42 Å². The molecule has 0 fully saturated rings. The molecule has 0 aliphatic rings. The number of hydrazone groups is 1. The van der Waals surface area contributed by atoms with Crippen LogP contribution in [0.2, 0.25) is 0 Å². The average molecular weight is 257 g/mol. The summed E-state index contributed by atoms with van der Waals surface area (Å²) >= 11 is 0. The first kappa shape index (κ1) is 16.4. The van der Waals surface area contributed by atoms with Crippen LogP contribution in [0.4, 0.5) is 4.79 Å². The number of carboxylic acids is 1. The fourth-order valence-corrected chi connectivity index (χ4v) is 1.72. The highest BCUT2D eigenvalue weighted by Gasteiger charge is 2.24. The van der Waals surface area contributed by atoms with Crippen molar-refractivity contribution in [3.8, 4) is 0 Å². The lowest BCUT2D eigenvalue weighted by Gasteiger charge is -2.23. The Morgan fingerprint density at radius 2 is 1.94 bits per heavy atom. The minimum atomic E-state index is -0.835. The quantitative estimate of drug-likeness (QED) is 0.458. The van der Waals surface area contributed by atoms with Gasteiger partial charge in [0.1, 0.15) is 0 Å². The number of carbonyl (C=O) groups is 2. The minimum Gasteiger partial charge on any atom is -0.481 e. The zero-order valence-corrected chi connectivity index (χ0v) is 11.3. The number of hydrogen-bond acceptors (Lipinski definition) is 3. The Labute approximate surface area is 108 Å². The van der Waals surface area contributed by atoms with Gasteiger partial charge in [0.05, 0.1) is 6.42 Å². The number of nitrogens with zero attached hydrogens (tertiary/aromatic N) is 1. The lowest BCUT2D eigenvalue weighted by Crippen LogP contribution is -2.28. The van der Waals surface area contributed by atoms with E-state index in [0.717, 1.165) is 25.0 Å². The summed E-state index contributed by atoms with van der Waals surface area (Å²) in [4.78, 5) is 21.4. The molecular weight excluding hydrogens is 234 g/mol. The Kier molecular flexibility index (Phi) is 7.00. The molecule has 0 rings (SSSR count). The van der Waals surface area contributed by atoms with Gasteiger partial charge in [0, 0.05) is 5.71 Å². The molecule has 0 saturated heterocycles. The number of carbonyl (C=O) groups excluding carboxylic acids is 1. The molecule has 0 spiro atoms. The number of carboxylic acid groups (broad SMARTS) is 1. The molecule has 6 heteroatoms. The van der Waals surface area contributed by atoms with Crippen molar-refractivity contribution in [2.45, 2.75) is 52.9 Å². The van der Waals surface area contributed by atoms with E-state index < -0.39 is 17.4 Å². The zero-order valence-electron chi connectivity index (χ0n) is 11.3.